The van der Waals surface area contributed by atoms with Crippen molar-refractivity contribution in [3.63, 3.8) is 0 Å². The van der Waals surface area contributed by atoms with Crippen LogP contribution in [0.25, 0.3) is 0 Å². The van der Waals surface area contributed by atoms with Crippen LogP contribution in [-0.2, 0) is 10.0 Å². The zero-order chi connectivity index (χ0) is 16.4. The lowest BCUT2D eigenvalue weighted by Gasteiger charge is -2.35. The smallest absolute Gasteiger partial charge is 0.243 e. The van der Waals surface area contributed by atoms with Crippen molar-refractivity contribution in [2.75, 3.05) is 6.54 Å². The first-order valence-corrected chi connectivity index (χ1v) is 9.43. The van der Waals surface area contributed by atoms with Gasteiger partial charge in [-0.25, -0.2) is 8.42 Å². The van der Waals surface area contributed by atoms with Crippen LogP contribution in [0.3, 0.4) is 0 Å². The molecule has 0 N–H and O–H groups in total. The molecule has 1 atom stereocenters. The highest BCUT2D eigenvalue weighted by atomic mass is 32.2. The summed E-state index contributed by atoms with van der Waals surface area (Å²) in [6, 6.07) is 8.96. The first-order valence-electron chi connectivity index (χ1n) is 7.99. The van der Waals surface area contributed by atoms with Crippen LogP contribution >= 0.6 is 0 Å². The zero-order valence-electron chi connectivity index (χ0n) is 13.6. The summed E-state index contributed by atoms with van der Waals surface area (Å²) in [6.07, 6.45) is 6.36. The number of hydrogen-bond acceptors (Lipinski definition) is 3. The van der Waals surface area contributed by atoms with Crippen LogP contribution in [-0.4, -0.2) is 24.3 Å². The van der Waals surface area contributed by atoms with Gasteiger partial charge in [-0.2, -0.15) is 4.31 Å². The SMILES string of the molecule is Cc1ccc(S(=O)(=O)N2CCCC[C@@H]2c2ccncc2C)cc1. The summed E-state index contributed by atoms with van der Waals surface area (Å²) in [5, 5.41) is 0. The number of nitrogens with zero attached hydrogens (tertiary/aromatic N) is 2. The predicted octanol–water partition coefficient (Wildman–Crippen LogP) is 3.61. The molecule has 1 aliphatic rings. The highest BCUT2D eigenvalue weighted by Crippen LogP contribution is 2.36. The Kier molecular flexibility index (Phi) is 4.50. The molecule has 122 valence electrons. The summed E-state index contributed by atoms with van der Waals surface area (Å²) in [5.74, 6) is 0. The van der Waals surface area contributed by atoms with Crippen molar-refractivity contribution in [1.82, 2.24) is 9.29 Å². The fourth-order valence-corrected chi connectivity index (χ4v) is 4.88. The fourth-order valence-electron chi connectivity index (χ4n) is 3.21. The molecule has 2 aromatic rings. The molecule has 0 aliphatic carbocycles. The standard InChI is InChI=1S/C18H22N2O2S/c1-14-6-8-16(9-7-14)23(21,22)20-12-4-3-5-18(20)17-10-11-19-13-15(17)2/h6-11,13,18H,3-5,12H2,1-2H3/t18-/m1/s1. The molecule has 2 heterocycles. The van der Waals surface area contributed by atoms with Crippen LogP contribution in [0.15, 0.2) is 47.6 Å². The van der Waals surface area contributed by atoms with E-state index in [0.29, 0.717) is 11.4 Å². The molecule has 5 heteroatoms. The third-order valence-corrected chi connectivity index (χ3v) is 6.43. The molecule has 3 rings (SSSR count). The Hall–Kier alpha value is -1.72. The Morgan fingerprint density at radius 3 is 2.52 bits per heavy atom. The van der Waals surface area contributed by atoms with Crippen molar-refractivity contribution < 1.29 is 8.42 Å². The van der Waals surface area contributed by atoms with Crippen molar-refractivity contribution in [3.05, 3.63) is 59.4 Å². The van der Waals surface area contributed by atoms with Crippen molar-refractivity contribution in [3.8, 4) is 0 Å². The van der Waals surface area contributed by atoms with Gasteiger partial charge in [0.2, 0.25) is 10.0 Å². The highest BCUT2D eigenvalue weighted by molar-refractivity contribution is 7.89. The van der Waals surface area contributed by atoms with Gasteiger partial charge in [0.05, 0.1) is 10.9 Å². The Morgan fingerprint density at radius 1 is 1.09 bits per heavy atom. The van der Waals surface area contributed by atoms with Crippen molar-refractivity contribution in [2.24, 2.45) is 0 Å². The molecule has 0 radical (unpaired) electrons. The molecule has 23 heavy (non-hydrogen) atoms. The molecular weight excluding hydrogens is 308 g/mol. The minimum absolute atomic E-state index is 0.0990. The average Bonchev–Trinajstić information content (AvgIpc) is 2.56. The summed E-state index contributed by atoms with van der Waals surface area (Å²) in [6.45, 7) is 4.52. The van der Waals surface area contributed by atoms with Gasteiger partial charge < -0.3 is 0 Å². The molecule has 1 aromatic carbocycles. The molecule has 1 aromatic heterocycles. The molecule has 0 bridgehead atoms. The van der Waals surface area contributed by atoms with Crippen LogP contribution in [0.4, 0.5) is 0 Å². The van der Waals surface area contributed by atoms with Crippen LogP contribution < -0.4 is 0 Å². The van der Waals surface area contributed by atoms with Crippen molar-refractivity contribution in [1.29, 1.82) is 0 Å². The number of piperidine rings is 1. The van der Waals surface area contributed by atoms with E-state index >= 15 is 0 Å². The topological polar surface area (TPSA) is 50.3 Å². The normalized spacial score (nSPS) is 19.7. The van der Waals surface area contributed by atoms with Crippen LogP contribution in [0.5, 0.6) is 0 Å². The minimum atomic E-state index is -3.48. The number of rotatable bonds is 3. The fraction of sp³-hybridized carbons (Fsp3) is 0.389. The molecule has 1 fully saturated rings. The third kappa shape index (κ3) is 3.16. The molecule has 1 aliphatic heterocycles. The van der Waals surface area contributed by atoms with Gasteiger partial charge in [0.1, 0.15) is 0 Å². The summed E-state index contributed by atoms with van der Waals surface area (Å²) in [7, 11) is -3.48. The average molecular weight is 330 g/mol. The van der Waals surface area contributed by atoms with Crippen LogP contribution in [0.1, 0.15) is 42.0 Å². The lowest BCUT2D eigenvalue weighted by molar-refractivity contribution is 0.255. The van der Waals surface area contributed by atoms with E-state index in [1.165, 1.54) is 0 Å². The number of aryl methyl sites for hydroxylation is 2. The minimum Gasteiger partial charge on any atom is -0.264 e. The zero-order valence-corrected chi connectivity index (χ0v) is 14.4. The molecule has 0 amide bonds. The predicted molar refractivity (Wildman–Crippen MR) is 90.6 cm³/mol. The molecular formula is C18H22N2O2S. The second-order valence-electron chi connectivity index (χ2n) is 6.17. The van der Waals surface area contributed by atoms with Crippen LogP contribution in [0, 0.1) is 13.8 Å². The lowest BCUT2D eigenvalue weighted by atomic mass is 9.95. The van der Waals surface area contributed by atoms with Crippen LogP contribution in [0.2, 0.25) is 0 Å². The number of pyridine rings is 1. The van der Waals surface area contributed by atoms with Crippen molar-refractivity contribution in [2.45, 2.75) is 44.0 Å². The van der Waals surface area contributed by atoms with E-state index in [2.05, 4.69) is 4.98 Å². The molecule has 4 nitrogen and oxygen atoms in total. The Morgan fingerprint density at radius 2 is 1.83 bits per heavy atom. The summed E-state index contributed by atoms with van der Waals surface area (Å²) < 4.78 is 27.9. The van der Waals surface area contributed by atoms with E-state index in [9.17, 15) is 8.42 Å². The summed E-state index contributed by atoms with van der Waals surface area (Å²) in [4.78, 5) is 4.50. The Bertz CT molecular complexity index is 785. The van der Waals surface area contributed by atoms with Crippen molar-refractivity contribution >= 4 is 10.0 Å². The first-order chi connectivity index (χ1) is 11.0. The first kappa shape index (κ1) is 16.1. The molecule has 0 saturated carbocycles. The lowest BCUT2D eigenvalue weighted by Crippen LogP contribution is -2.38. The Labute approximate surface area is 138 Å². The number of aromatic nitrogens is 1. The van der Waals surface area contributed by atoms with Gasteiger partial charge >= 0.3 is 0 Å². The summed E-state index contributed by atoms with van der Waals surface area (Å²) in [5.41, 5.74) is 3.17. The number of benzene rings is 1. The van der Waals surface area contributed by atoms with E-state index in [1.54, 1.807) is 28.8 Å². The van der Waals surface area contributed by atoms with Gasteiger partial charge in [-0.15, -0.1) is 0 Å². The highest BCUT2D eigenvalue weighted by Gasteiger charge is 2.34. The largest absolute Gasteiger partial charge is 0.264 e. The summed E-state index contributed by atoms with van der Waals surface area (Å²) >= 11 is 0. The van der Waals surface area contributed by atoms with Gasteiger partial charge in [-0.05, 0) is 56.0 Å². The number of sulfonamides is 1. The Balaban J connectivity index is 2.01. The monoisotopic (exact) mass is 330 g/mol. The molecule has 0 unspecified atom stereocenters. The molecule has 1 saturated heterocycles. The number of hydrogen-bond donors (Lipinski definition) is 0. The van der Waals surface area contributed by atoms with E-state index in [0.717, 1.165) is 36.0 Å². The van der Waals surface area contributed by atoms with E-state index < -0.39 is 10.0 Å². The molecule has 0 spiro atoms. The maximum absolute atomic E-state index is 13.1. The van der Waals surface area contributed by atoms with Gasteiger partial charge in [-0.1, -0.05) is 24.1 Å². The maximum atomic E-state index is 13.1. The quantitative estimate of drug-likeness (QED) is 0.864. The van der Waals surface area contributed by atoms with E-state index in [-0.39, 0.29) is 6.04 Å². The second-order valence-corrected chi connectivity index (χ2v) is 8.06. The third-order valence-electron chi connectivity index (χ3n) is 4.50. The van der Waals surface area contributed by atoms with E-state index in [1.807, 2.05) is 32.0 Å². The van der Waals surface area contributed by atoms with Gasteiger partial charge in [-0.3, -0.25) is 4.98 Å². The second kappa shape index (κ2) is 6.42. The van der Waals surface area contributed by atoms with Gasteiger partial charge in [0.15, 0.2) is 0 Å². The van der Waals surface area contributed by atoms with Gasteiger partial charge in [0, 0.05) is 18.9 Å². The van der Waals surface area contributed by atoms with E-state index in [4.69, 9.17) is 0 Å². The van der Waals surface area contributed by atoms with Gasteiger partial charge in [0.25, 0.3) is 0 Å². The maximum Gasteiger partial charge on any atom is 0.243 e.